The Balaban J connectivity index is 1.92. The molecule has 2 rings (SSSR count). The summed E-state index contributed by atoms with van der Waals surface area (Å²) in [5.74, 6) is 0.223. The number of rotatable bonds is 6. The molecule has 1 N–H and O–H groups in total. The van der Waals surface area contributed by atoms with Gasteiger partial charge < -0.3 is 4.74 Å². The third-order valence-corrected chi connectivity index (χ3v) is 3.86. The number of carbonyl (C=O) groups is 1. The molecule has 0 saturated heterocycles. The Bertz CT molecular complexity index is 705. The van der Waals surface area contributed by atoms with E-state index < -0.39 is 0 Å². The first-order valence-corrected chi connectivity index (χ1v) is 8.26. The van der Waals surface area contributed by atoms with Crippen LogP contribution < -0.4 is 10.2 Å². The van der Waals surface area contributed by atoms with Gasteiger partial charge in [0.25, 0.3) is 5.91 Å². The number of benzene rings is 2. The van der Waals surface area contributed by atoms with E-state index in [1.54, 1.807) is 18.2 Å². The molecule has 4 nitrogen and oxygen atoms in total. The Morgan fingerprint density at radius 3 is 2.65 bits per heavy atom. The van der Waals surface area contributed by atoms with E-state index in [9.17, 15) is 4.79 Å². The molecule has 0 aliphatic carbocycles. The van der Waals surface area contributed by atoms with Gasteiger partial charge >= 0.3 is 0 Å². The van der Waals surface area contributed by atoms with E-state index in [1.807, 2.05) is 37.3 Å². The van der Waals surface area contributed by atoms with Crippen molar-refractivity contribution >= 4 is 39.1 Å². The van der Waals surface area contributed by atoms with E-state index in [2.05, 4.69) is 26.5 Å². The van der Waals surface area contributed by atoms with Crippen LogP contribution in [-0.4, -0.2) is 18.2 Å². The average Bonchev–Trinajstić information content (AvgIpc) is 2.55. The number of hydrogen-bond acceptors (Lipinski definition) is 3. The van der Waals surface area contributed by atoms with E-state index >= 15 is 0 Å². The number of halogens is 2. The van der Waals surface area contributed by atoms with Gasteiger partial charge in [-0.15, -0.1) is 0 Å². The van der Waals surface area contributed by atoms with Gasteiger partial charge in [0, 0.05) is 5.02 Å². The molecule has 0 atom stereocenters. The highest BCUT2D eigenvalue weighted by atomic mass is 79.9. The van der Waals surface area contributed by atoms with Crippen molar-refractivity contribution in [2.24, 2.45) is 5.10 Å². The zero-order chi connectivity index (χ0) is 16.7. The first-order chi connectivity index (χ1) is 11.1. The molecule has 0 radical (unpaired) electrons. The lowest BCUT2D eigenvalue weighted by Gasteiger charge is -2.08. The lowest BCUT2D eigenvalue weighted by molar-refractivity contribution is -0.123. The smallest absolute Gasteiger partial charge is 0.277 e. The number of nitrogens with one attached hydrogen (secondary N) is 1. The Morgan fingerprint density at radius 1 is 1.26 bits per heavy atom. The second-order valence-corrected chi connectivity index (χ2v) is 5.97. The summed E-state index contributed by atoms with van der Waals surface area (Å²) < 4.78 is 6.13. The maximum Gasteiger partial charge on any atom is 0.277 e. The number of carbonyl (C=O) groups excluding carboxylic acids is 1. The highest BCUT2D eigenvalue weighted by Gasteiger charge is 2.07. The SMILES string of the molecule is CCC(=NNC(=O)COc1ccc(Cl)cc1Br)c1ccccc1. The zero-order valence-electron chi connectivity index (χ0n) is 12.6. The summed E-state index contributed by atoms with van der Waals surface area (Å²) in [6.45, 7) is 1.86. The van der Waals surface area contributed by atoms with Crippen LogP contribution >= 0.6 is 27.5 Å². The Morgan fingerprint density at radius 2 is 2.00 bits per heavy atom. The Kier molecular flexibility index (Phi) is 6.62. The molecule has 0 unspecified atom stereocenters. The highest BCUT2D eigenvalue weighted by molar-refractivity contribution is 9.10. The molecule has 0 spiro atoms. The minimum absolute atomic E-state index is 0.129. The van der Waals surface area contributed by atoms with Crippen molar-refractivity contribution in [2.75, 3.05) is 6.61 Å². The minimum atomic E-state index is -0.325. The van der Waals surface area contributed by atoms with Crippen LogP contribution in [0.25, 0.3) is 0 Å². The molecule has 2 aromatic carbocycles. The molecule has 0 fully saturated rings. The van der Waals surface area contributed by atoms with Crippen molar-refractivity contribution in [3.63, 3.8) is 0 Å². The molecule has 6 heteroatoms. The summed E-state index contributed by atoms with van der Waals surface area (Å²) in [4.78, 5) is 11.9. The zero-order valence-corrected chi connectivity index (χ0v) is 14.9. The molecule has 1 amide bonds. The third-order valence-electron chi connectivity index (χ3n) is 3.01. The monoisotopic (exact) mass is 394 g/mol. The molecule has 23 heavy (non-hydrogen) atoms. The molecule has 2 aromatic rings. The summed E-state index contributed by atoms with van der Waals surface area (Å²) in [6, 6.07) is 14.8. The van der Waals surface area contributed by atoms with Gasteiger partial charge in [-0.3, -0.25) is 4.79 Å². The number of hydrazone groups is 1. The average molecular weight is 396 g/mol. The summed E-state index contributed by atoms with van der Waals surface area (Å²) in [6.07, 6.45) is 0.716. The van der Waals surface area contributed by atoms with Crippen molar-refractivity contribution in [2.45, 2.75) is 13.3 Å². The number of hydrogen-bond donors (Lipinski definition) is 1. The minimum Gasteiger partial charge on any atom is -0.483 e. The third kappa shape index (κ3) is 5.37. The first kappa shape index (κ1) is 17.5. The molecule has 120 valence electrons. The van der Waals surface area contributed by atoms with E-state index in [0.717, 1.165) is 11.3 Å². The maximum atomic E-state index is 11.9. The lowest BCUT2D eigenvalue weighted by atomic mass is 10.1. The van der Waals surface area contributed by atoms with Gasteiger partial charge in [0.1, 0.15) is 5.75 Å². The summed E-state index contributed by atoms with van der Waals surface area (Å²) in [5, 5.41) is 4.76. The molecular formula is C17H16BrClN2O2. The van der Waals surface area contributed by atoms with Crippen LogP contribution in [0.4, 0.5) is 0 Å². The quantitative estimate of drug-likeness (QED) is 0.582. The summed E-state index contributed by atoms with van der Waals surface area (Å²) in [5.41, 5.74) is 4.31. The number of amides is 1. The fourth-order valence-corrected chi connectivity index (χ4v) is 2.67. The molecular weight excluding hydrogens is 380 g/mol. The second-order valence-electron chi connectivity index (χ2n) is 4.68. The van der Waals surface area contributed by atoms with Crippen molar-refractivity contribution in [1.82, 2.24) is 5.43 Å². The molecule has 0 bridgehead atoms. The van der Waals surface area contributed by atoms with Crippen molar-refractivity contribution in [3.05, 3.63) is 63.6 Å². The van der Waals surface area contributed by atoms with Crippen LogP contribution in [0.1, 0.15) is 18.9 Å². The Hall–Kier alpha value is -1.85. The van der Waals surface area contributed by atoms with Crippen LogP contribution in [0, 0.1) is 0 Å². The summed E-state index contributed by atoms with van der Waals surface area (Å²) >= 11 is 9.19. The van der Waals surface area contributed by atoms with Gasteiger partial charge in [-0.25, -0.2) is 5.43 Å². The second kappa shape index (κ2) is 8.70. The first-order valence-electron chi connectivity index (χ1n) is 7.09. The van der Waals surface area contributed by atoms with E-state index in [1.165, 1.54) is 0 Å². The van der Waals surface area contributed by atoms with Gasteiger partial charge in [-0.05, 0) is 46.1 Å². The van der Waals surface area contributed by atoms with Crippen LogP contribution in [0.15, 0.2) is 58.1 Å². The van der Waals surface area contributed by atoms with Gasteiger partial charge in [0.2, 0.25) is 0 Å². The molecule has 0 heterocycles. The van der Waals surface area contributed by atoms with Gasteiger partial charge in [0.05, 0.1) is 10.2 Å². The standard InChI is InChI=1S/C17H16BrClN2O2/c1-2-15(12-6-4-3-5-7-12)20-21-17(22)11-23-16-9-8-13(19)10-14(16)18/h3-10H,2,11H2,1H3,(H,21,22). The van der Waals surface area contributed by atoms with E-state index in [-0.39, 0.29) is 12.5 Å². The van der Waals surface area contributed by atoms with Gasteiger partial charge in [-0.2, -0.15) is 5.10 Å². The van der Waals surface area contributed by atoms with Crippen molar-refractivity contribution in [1.29, 1.82) is 0 Å². The van der Waals surface area contributed by atoms with Crippen molar-refractivity contribution in [3.8, 4) is 5.75 Å². The normalized spacial score (nSPS) is 11.2. The number of ether oxygens (including phenoxy) is 1. The van der Waals surface area contributed by atoms with Crippen LogP contribution in [0.5, 0.6) is 5.75 Å². The fourth-order valence-electron chi connectivity index (χ4n) is 1.88. The van der Waals surface area contributed by atoms with Crippen molar-refractivity contribution < 1.29 is 9.53 Å². The van der Waals surface area contributed by atoms with E-state index in [4.69, 9.17) is 16.3 Å². The molecule has 0 aliphatic heterocycles. The lowest BCUT2D eigenvalue weighted by Crippen LogP contribution is -2.26. The van der Waals surface area contributed by atoms with Crippen LogP contribution in [0.3, 0.4) is 0 Å². The molecule has 0 aliphatic rings. The van der Waals surface area contributed by atoms with Crippen LogP contribution in [-0.2, 0) is 4.79 Å². The van der Waals surface area contributed by atoms with E-state index in [0.29, 0.717) is 21.7 Å². The van der Waals surface area contributed by atoms with Crippen LogP contribution in [0.2, 0.25) is 5.02 Å². The largest absolute Gasteiger partial charge is 0.483 e. The van der Waals surface area contributed by atoms with Gasteiger partial charge in [0.15, 0.2) is 6.61 Å². The predicted molar refractivity (Wildman–Crippen MR) is 96.1 cm³/mol. The predicted octanol–water partition coefficient (Wildman–Crippen LogP) is 4.41. The summed E-state index contributed by atoms with van der Waals surface area (Å²) in [7, 11) is 0. The topological polar surface area (TPSA) is 50.7 Å². The highest BCUT2D eigenvalue weighted by Crippen LogP contribution is 2.27. The molecule has 0 aromatic heterocycles. The van der Waals surface area contributed by atoms with Gasteiger partial charge in [-0.1, -0.05) is 48.9 Å². The fraction of sp³-hybridized carbons (Fsp3) is 0.176. The maximum absolute atomic E-state index is 11.9. The molecule has 0 saturated carbocycles. The Labute approximate surface area is 148 Å². The number of nitrogens with zero attached hydrogens (tertiary/aromatic N) is 1.